The molecule has 0 bridgehead atoms. The number of amidine groups is 1. The number of benzene rings is 1. The Balaban J connectivity index is 1.44. The largest absolute Gasteiger partial charge is 0.386 e. The number of rotatable bonds is 5. The SMILES string of the molecule is CONC1=NC=NC2N([C@@H]3O[C@H]([C@H](O)c4ccc(Cl)cc4)[C@@](C)(O)[C@H]3O)CCC12C1CCCCCCC1. The highest BCUT2D eigenvalue weighted by Crippen LogP contribution is 2.52. The Morgan fingerprint density at radius 3 is 2.51 bits per heavy atom. The van der Waals surface area contributed by atoms with Gasteiger partial charge in [-0.15, -0.1) is 0 Å². The smallest absolute Gasteiger partial charge is 0.142 e. The van der Waals surface area contributed by atoms with Crippen molar-refractivity contribution in [1.29, 1.82) is 0 Å². The van der Waals surface area contributed by atoms with Crippen LogP contribution >= 0.6 is 11.6 Å². The van der Waals surface area contributed by atoms with E-state index in [0.29, 0.717) is 23.0 Å². The molecule has 1 aromatic carbocycles. The molecule has 2 unspecified atom stereocenters. The van der Waals surface area contributed by atoms with Crippen LogP contribution in [0.25, 0.3) is 0 Å². The van der Waals surface area contributed by atoms with Gasteiger partial charge in [0, 0.05) is 11.6 Å². The monoisotopic (exact) mass is 534 g/mol. The van der Waals surface area contributed by atoms with E-state index in [1.165, 1.54) is 26.2 Å². The number of fused-ring (bicyclic) bond motifs is 1. The van der Waals surface area contributed by atoms with E-state index in [1.807, 2.05) is 4.90 Å². The zero-order valence-corrected chi connectivity index (χ0v) is 22.3. The standard InChI is InChI=1S/C27H39ClN4O5/c1-26(35)21(34)23(37-22(26)20(33)17-10-12-19(28)13-11-17)32-15-14-27(18-8-6-4-3-5-7-9-18)24(31-36-2)29-16-30-25(27)32/h10-13,16,18,20-23,25,33-35H,3-9,14-15H2,1-2H3,(H,29,30,31)/t20-,21+,22-,23-,25?,26+,27?/m1/s1. The van der Waals surface area contributed by atoms with Crippen LogP contribution < -0.4 is 5.48 Å². The zero-order chi connectivity index (χ0) is 26.2. The van der Waals surface area contributed by atoms with Crippen LogP contribution in [0.5, 0.6) is 0 Å². The third kappa shape index (κ3) is 4.73. The molecule has 3 heterocycles. The van der Waals surface area contributed by atoms with Gasteiger partial charge in [0.15, 0.2) is 0 Å². The third-order valence-corrected chi connectivity index (χ3v) is 9.23. The molecule has 5 rings (SSSR count). The van der Waals surface area contributed by atoms with Gasteiger partial charge in [0.1, 0.15) is 48.5 Å². The summed E-state index contributed by atoms with van der Waals surface area (Å²) in [6.07, 6.45) is 5.91. The zero-order valence-electron chi connectivity index (χ0n) is 21.6. The predicted octanol–water partition coefficient (Wildman–Crippen LogP) is 3.18. The number of likely N-dealkylation sites (tertiary alicyclic amines) is 1. The van der Waals surface area contributed by atoms with E-state index in [-0.39, 0.29) is 6.17 Å². The van der Waals surface area contributed by atoms with Gasteiger partial charge in [0.05, 0.1) is 12.5 Å². The fraction of sp³-hybridized carbons (Fsp3) is 0.704. The van der Waals surface area contributed by atoms with Gasteiger partial charge >= 0.3 is 0 Å². The van der Waals surface area contributed by atoms with E-state index in [1.54, 1.807) is 37.7 Å². The molecule has 4 N–H and O–H groups in total. The molecule has 1 aliphatic carbocycles. The van der Waals surface area contributed by atoms with Crippen LogP contribution in [-0.4, -0.2) is 76.3 Å². The molecule has 1 aromatic rings. The van der Waals surface area contributed by atoms with Crippen molar-refractivity contribution >= 4 is 23.8 Å². The molecule has 204 valence electrons. The average Bonchev–Trinajstić information content (AvgIpc) is 3.35. The molecule has 0 aromatic heterocycles. The maximum Gasteiger partial charge on any atom is 0.142 e. The second-order valence-electron chi connectivity index (χ2n) is 11.1. The Bertz CT molecular complexity index is 997. The normalized spacial score (nSPS) is 38.1. The van der Waals surface area contributed by atoms with Crippen molar-refractivity contribution in [2.24, 2.45) is 21.3 Å². The van der Waals surface area contributed by atoms with Crippen LogP contribution in [0, 0.1) is 11.3 Å². The summed E-state index contributed by atoms with van der Waals surface area (Å²) in [7, 11) is 1.59. The lowest BCUT2D eigenvalue weighted by atomic mass is 9.66. The van der Waals surface area contributed by atoms with Gasteiger partial charge in [-0.2, -0.15) is 0 Å². The maximum atomic E-state index is 11.4. The molecular formula is C27H39ClN4O5. The molecule has 4 aliphatic rings. The minimum absolute atomic E-state index is 0.339. The lowest BCUT2D eigenvalue weighted by Crippen LogP contribution is -2.58. The number of hydroxylamine groups is 1. The number of ether oxygens (including phenoxy) is 1. The van der Waals surface area contributed by atoms with Crippen LogP contribution in [-0.2, 0) is 9.57 Å². The van der Waals surface area contributed by atoms with Crippen LogP contribution in [0.2, 0.25) is 5.02 Å². The molecule has 0 spiro atoms. The molecule has 9 nitrogen and oxygen atoms in total. The van der Waals surface area contributed by atoms with Crippen molar-refractivity contribution in [3.63, 3.8) is 0 Å². The van der Waals surface area contributed by atoms with Gasteiger partial charge < -0.3 is 20.1 Å². The summed E-state index contributed by atoms with van der Waals surface area (Å²) < 4.78 is 6.32. The highest BCUT2D eigenvalue weighted by Gasteiger charge is 2.63. The molecule has 0 radical (unpaired) electrons. The molecule has 1 saturated carbocycles. The summed E-state index contributed by atoms with van der Waals surface area (Å²) in [5.41, 5.74) is 1.51. The predicted molar refractivity (Wildman–Crippen MR) is 141 cm³/mol. The van der Waals surface area contributed by atoms with Crippen molar-refractivity contribution in [3.05, 3.63) is 34.9 Å². The minimum atomic E-state index is -1.69. The Hall–Kier alpha value is -1.59. The number of hydrogen-bond donors (Lipinski definition) is 4. The maximum absolute atomic E-state index is 11.4. The first-order valence-electron chi connectivity index (χ1n) is 13.4. The number of aliphatic hydroxyl groups is 3. The van der Waals surface area contributed by atoms with Crippen molar-refractivity contribution in [2.75, 3.05) is 13.7 Å². The third-order valence-electron chi connectivity index (χ3n) is 8.98. The summed E-state index contributed by atoms with van der Waals surface area (Å²) in [6.45, 7) is 2.12. The second-order valence-corrected chi connectivity index (χ2v) is 11.5. The van der Waals surface area contributed by atoms with Crippen molar-refractivity contribution in [2.45, 2.75) is 94.6 Å². The number of aliphatic hydroxyl groups excluding tert-OH is 2. The minimum Gasteiger partial charge on any atom is -0.386 e. The van der Waals surface area contributed by atoms with Crippen molar-refractivity contribution in [1.82, 2.24) is 10.4 Å². The van der Waals surface area contributed by atoms with Gasteiger partial charge in [-0.05, 0) is 49.8 Å². The number of halogens is 1. The molecule has 3 fully saturated rings. The molecular weight excluding hydrogens is 496 g/mol. The van der Waals surface area contributed by atoms with Crippen molar-refractivity contribution < 1.29 is 24.9 Å². The molecule has 3 aliphatic heterocycles. The Morgan fingerprint density at radius 1 is 1.16 bits per heavy atom. The number of aliphatic imine (C=N–C) groups is 2. The van der Waals surface area contributed by atoms with Crippen LogP contribution in [0.4, 0.5) is 0 Å². The summed E-state index contributed by atoms with van der Waals surface area (Å²) in [5.74, 6) is 1.11. The average molecular weight is 535 g/mol. The van der Waals surface area contributed by atoms with Gasteiger partial charge in [0.2, 0.25) is 0 Å². The topological polar surface area (TPSA) is 119 Å². The van der Waals surface area contributed by atoms with E-state index in [4.69, 9.17) is 26.2 Å². The van der Waals surface area contributed by atoms with Gasteiger partial charge in [-0.1, -0.05) is 55.8 Å². The summed E-state index contributed by atoms with van der Waals surface area (Å²) >= 11 is 6.01. The van der Waals surface area contributed by atoms with Gasteiger partial charge in [-0.3, -0.25) is 20.2 Å². The molecule has 2 saturated heterocycles. The van der Waals surface area contributed by atoms with Crippen molar-refractivity contribution in [3.8, 4) is 0 Å². The van der Waals surface area contributed by atoms with Gasteiger partial charge in [0.25, 0.3) is 0 Å². The molecule has 7 atom stereocenters. The van der Waals surface area contributed by atoms with E-state index >= 15 is 0 Å². The number of hydrogen-bond acceptors (Lipinski definition) is 9. The fourth-order valence-electron chi connectivity index (χ4n) is 6.97. The number of nitrogens with zero attached hydrogens (tertiary/aromatic N) is 3. The Morgan fingerprint density at radius 2 is 1.84 bits per heavy atom. The highest BCUT2D eigenvalue weighted by molar-refractivity contribution is 6.30. The van der Waals surface area contributed by atoms with Crippen LogP contribution in [0.1, 0.15) is 70.0 Å². The van der Waals surface area contributed by atoms with E-state index in [2.05, 4.69) is 10.5 Å². The highest BCUT2D eigenvalue weighted by atomic mass is 35.5. The first kappa shape index (κ1) is 27.0. The lowest BCUT2D eigenvalue weighted by Gasteiger charge is -2.45. The summed E-state index contributed by atoms with van der Waals surface area (Å²) in [6, 6.07) is 6.77. The first-order chi connectivity index (χ1) is 17.8. The summed E-state index contributed by atoms with van der Waals surface area (Å²) in [4.78, 5) is 16.9. The van der Waals surface area contributed by atoms with E-state index in [9.17, 15) is 15.3 Å². The Kier molecular flexibility index (Phi) is 7.94. The van der Waals surface area contributed by atoms with Crippen LogP contribution in [0.15, 0.2) is 34.3 Å². The second kappa shape index (κ2) is 10.9. The summed E-state index contributed by atoms with van der Waals surface area (Å²) in [5, 5.41) is 34.4. The quantitative estimate of drug-likeness (QED) is 0.428. The first-order valence-corrected chi connectivity index (χ1v) is 13.8. The molecule has 37 heavy (non-hydrogen) atoms. The van der Waals surface area contributed by atoms with E-state index < -0.39 is 35.6 Å². The number of nitrogens with one attached hydrogen (secondary N) is 1. The van der Waals surface area contributed by atoms with E-state index in [0.717, 1.165) is 37.9 Å². The Labute approximate surface area is 223 Å². The lowest BCUT2D eigenvalue weighted by molar-refractivity contribution is -0.131. The van der Waals surface area contributed by atoms with Crippen LogP contribution in [0.3, 0.4) is 0 Å². The molecule has 10 heteroatoms. The van der Waals surface area contributed by atoms with Gasteiger partial charge in [-0.25, -0.2) is 4.99 Å². The molecule has 0 amide bonds. The fourth-order valence-corrected chi connectivity index (χ4v) is 7.09.